The Morgan fingerprint density at radius 3 is 2.63 bits per heavy atom. The van der Waals surface area contributed by atoms with E-state index in [9.17, 15) is 9.59 Å². The van der Waals surface area contributed by atoms with Crippen LogP contribution in [0.3, 0.4) is 0 Å². The van der Waals surface area contributed by atoms with Gasteiger partial charge >= 0.3 is 0 Å². The molecule has 0 saturated carbocycles. The zero-order chi connectivity index (χ0) is 24.3. The average molecular weight is 477 g/mol. The van der Waals surface area contributed by atoms with Crippen LogP contribution in [0, 0.1) is 5.41 Å². The molecule has 1 N–H and O–H groups in total. The van der Waals surface area contributed by atoms with Gasteiger partial charge in [0.2, 0.25) is 5.91 Å². The highest BCUT2D eigenvalue weighted by Gasteiger charge is 2.40. The molecule has 3 heterocycles. The van der Waals surface area contributed by atoms with Gasteiger partial charge in [0.15, 0.2) is 11.5 Å². The average Bonchev–Trinajstić information content (AvgIpc) is 2.91. The fourth-order valence-corrected chi connectivity index (χ4v) is 5.27. The van der Waals surface area contributed by atoms with Gasteiger partial charge in [0.05, 0.1) is 22.6 Å². The lowest BCUT2D eigenvalue weighted by molar-refractivity contribution is -0.134. The van der Waals surface area contributed by atoms with Crippen LogP contribution in [0.1, 0.15) is 24.8 Å². The fraction of sp³-hybridized carbons (Fsp3) is 0.444. The number of aryl methyl sites for hydroxylation is 1. The van der Waals surface area contributed by atoms with E-state index in [4.69, 9.17) is 9.47 Å². The third kappa shape index (κ3) is 4.89. The summed E-state index contributed by atoms with van der Waals surface area (Å²) in [5, 5.41) is 2.91. The number of hydrogen-bond acceptors (Lipinski definition) is 6. The van der Waals surface area contributed by atoms with Crippen molar-refractivity contribution in [1.82, 2.24) is 19.8 Å². The smallest absolute Gasteiger partial charge is 0.269 e. The van der Waals surface area contributed by atoms with Crippen molar-refractivity contribution in [3.05, 3.63) is 64.6 Å². The van der Waals surface area contributed by atoms with Gasteiger partial charge in [-0.2, -0.15) is 0 Å². The molecule has 35 heavy (non-hydrogen) atoms. The third-order valence-electron chi connectivity index (χ3n) is 7.41. The summed E-state index contributed by atoms with van der Waals surface area (Å²) < 4.78 is 13.1. The van der Waals surface area contributed by atoms with E-state index in [0.29, 0.717) is 19.8 Å². The number of carbonyl (C=O) groups excluding carboxylic acids is 1. The number of rotatable bonds is 7. The van der Waals surface area contributed by atoms with Crippen LogP contribution in [0.15, 0.2) is 53.5 Å². The van der Waals surface area contributed by atoms with Gasteiger partial charge in [0, 0.05) is 20.1 Å². The summed E-state index contributed by atoms with van der Waals surface area (Å²) >= 11 is 0. The van der Waals surface area contributed by atoms with Gasteiger partial charge < -0.3 is 24.3 Å². The number of para-hydroxylation sites is 2. The Kier molecular flexibility index (Phi) is 6.72. The minimum atomic E-state index is -0.390. The lowest BCUT2D eigenvalue weighted by Crippen LogP contribution is -2.49. The van der Waals surface area contributed by atoms with Gasteiger partial charge in [-0.3, -0.25) is 9.59 Å². The van der Waals surface area contributed by atoms with Crippen molar-refractivity contribution >= 4 is 16.9 Å². The molecule has 3 aromatic rings. The Labute approximate surface area is 204 Å². The Balaban J connectivity index is 1.23. The van der Waals surface area contributed by atoms with E-state index in [1.54, 1.807) is 11.6 Å². The molecule has 1 aromatic heterocycles. The van der Waals surface area contributed by atoms with Gasteiger partial charge in [-0.1, -0.05) is 18.2 Å². The van der Waals surface area contributed by atoms with E-state index >= 15 is 0 Å². The zero-order valence-electron chi connectivity index (χ0n) is 20.2. The summed E-state index contributed by atoms with van der Waals surface area (Å²) in [5.41, 5.74) is 2.36. The van der Waals surface area contributed by atoms with E-state index in [0.717, 1.165) is 73.4 Å². The fourth-order valence-electron chi connectivity index (χ4n) is 5.27. The highest BCUT2D eigenvalue weighted by Crippen LogP contribution is 2.38. The van der Waals surface area contributed by atoms with Crippen molar-refractivity contribution in [1.29, 1.82) is 0 Å². The Morgan fingerprint density at radius 1 is 1.06 bits per heavy atom. The van der Waals surface area contributed by atoms with Gasteiger partial charge in [0.1, 0.15) is 13.2 Å². The quantitative estimate of drug-likeness (QED) is 0.564. The largest absolute Gasteiger partial charge is 0.486 e. The molecule has 2 aliphatic rings. The molecule has 0 aliphatic carbocycles. The predicted octanol–water partition coefficient (Wildman–Crippen LogP) is 2.63. The summed E-state index contributed by atoms with van der Waals surface area (Å²) in [6.45, 7) is 4.16. The summed E-state index contributed by atoms with van der Waals surface area (Å²) in [4.78, 5) is 32.1. The molecule has 8 nitrogen and oxygen atoms in total. The summed E-state index contributed by atoms with van der Waals surface area (Å²) in [5.74, 6) is 1.69. The SMILES string of the molecule is CNC(=O)C1(CCc2ccc3c(c2)OCCO3)CCN(CCn2c(=O)cnc3ccccc32)CC1. The van der Waals surface area contributed by atoms with Crippen LogP contribution in [0.25, 0.3) is 11.0 Å². The molecule has 0 atom stereocenters. The molecule has 0 spiro atoms. The Bertz CT molecular complexity index is 1260. The number of carbonyl (C=O) groups is 1. The molecule has 0 radical (unpaired) electrons. The number of piperidine rings is 1. The van der Waals surface area contributed by atoms with Crippen LogP contribution in [-0.2, 0) is 17.8 Å². The number of benzene rings is 2. The Morgan fingerprint density at radius 2 is 1.83 bits per heavy atom. The number of ether oxygens (including phenoxy) is 2. The van der Waals surface area contributed by atoms with Gasteiger partial charge in [-0.25, -0.2) is 4.98 Å². The third-order valence-corrected chi connectivity index (χ3v) is 7.41. The molecule has 184 valence electrons. The molecular weight excluding hydrogens is 444 g/mol. The summed E-state index contributed by atoms with van der Waals surface area (Å²) in [7, 11) is 1.72. The summed E-state index contributed by atoms with van der Waals surface area (Å²) in [6.07, 6.45) is 4.58. The minimum Gasteiger partial charge on any atom is -0.486 e. The van der Waals surface area contributed by atoms with Crippen molar-refractivity contribution < 1.29 is 14.3 Å². The standard InChI is InChI=1S/C27H32N4O4/c1-28-26(33)27(9-8-20-6-7-23-24(18-20)35-17-16-34-23)10-12-30(13-11-27)14-15-31-22-5-3-2-4-21(22)29-19-25(31)32/h2-7,18-19H,8-17H2,1H3,(H,28,33). The van der Waals surface area contributed by atoms with Crippen molar-refractivity contribution in [2.45, 2.75) is 32.2 Å². The number of aromatic nitrogens is 2. The van der Waals surface area contributed by atoms with E-state index < -0.39 is 5.41 Å². The van der Waals surface area contributed by atoms with Crippen molar-refractivity contribution in [3.8, 4) is 11.5 Å². The maximum absolute atomic E-state index is 13.0. The molecule has 0 bridgehead atoms. The Hall–Kier alpha value is -3.39. The van der Waals surface area contributed by atoms with E-state index in [2.05, 4.69) is 21.3 Å². The van der Waals surface area contributed by atoms with Crippen molar-refractivity contribution in [3.63, 3.8) is 0 Å². The molecule has 2 aromatic carbocycles. The zero-order valence-corrected chi connectivity index (χ0v) is 20.2. The van der Waals surface area contributed by atoms with Gasteiger partial charge in [-0.15, -0.1) is 0 Å². The number of fused-ring (bicyclic) bond motifs is 2. The number of amides is 1. The van der Waals surface area contributed by atoms with Gasteiger partial charge in [-0.05, 0) is 68.6 Å². The van der Waals surface area contributed by atoms with Crippen LogP contribution >= 0.6 is 0 Å². The highest BCUT2D eigenvalue weighted by molar-refractivity contribution is 5.82. The lowest BCUT2D eigenvalue weighted by atomic mass is 9.73. The number of nitrogens with one attached hydrogen (secondary N) is 1. The van der Waals surface area contributed by atoms with E-state index in [1.807, 2.05) is 36.4 Å². The predicted molar refractivity (Wildman–Crippen MR) is 134 cm³/mol. The molecule has 2 aliphatic heterocycles. The van der Waals surface area contributed by atoms with Crippen LogP contribution in [0.4, 0.5) is 0 Å². The minimum absolute atomic E-state index is 0.0835. The van der Waals surface area contributed by atoms with Crippen LogP contribution in [-0.4, -0.2) is 60.3 Å². The second-order valence-corrected chi connectivity index (χ2v) is 9.42. The van der Waals surface area contributed by atoms with E-state index in [1.165, 1.54) is 6.20 Å². The first kappa shape index (κ1) is 23.4. The molecule has 8 heteroatoms. The van der Waals surface area contributed by atoms with E-state index in [-0.39, 0.29) is 11.5 Å². The molecule has 1 amide bonds. The van der Waals surface area contributed by atoms with Crippen LogP contribution < -0.4 is 20.3 Å². The first-order chi connectivity index (χ1) is 17.1. The van der Waals surface area contributed by atoms with Crippen LogP contribution in [0.2, 0.25) is 0 Å². The number of likely N-dealkylation sites (tertiary alicyclic amines) is 1. The second-order valence-electron chi connectivity index (χ2n) is 9.42. The maximum atomic E-state index is 13.0. The molecule has 5 rings (SSSR count). The number of nitrogens with zero attached hydrogens (tertiary/aromatic N) is 3. The van der Waals surface area contributed by atoms with Gasteiger partial charge in [0.25, 0.3) is 5.56 Å². The topological polar surface area (TPSA) is 85.7 Å². The molecule has 1 saturated heterocycles. The molecule has 0 unspecified atom stereocenters. The highest BCUT2D eigenvalue weighted by atomic mass is 16.6. The lowest BCUT2D eigenvalue weighted by Gasteiger charge is -2.40. The second kappa shape index (κ2) is 10.1. The molecule has 1 fully saturated rings. The number of hydrogen-bond donors (Lipinski definition) is 1. The monoisotopic (exact) mass is 476 g/mol. The maximum Gasteiger partial charge on any atom is 0.269 e. The summed E-state index contributed by atoms with van der Waals surface area (Å²) in [6, 6.07) is 13.8. The normalized spacial score (nSPS) is 17.3. The van der Waals surface area contributed by atoms with Crippen molar-refractivity contribution in [2.75, 3.05) is 39.9 Å². The first-order valence-corrected chi connectivity index (χ1v) is 12.4. The van der Waals surface area contributed by atoms with Crippen molar-refractivity contribution in [2.24, 2.45) is 5.41 Å². The van der Waals surface area contributed by atoms with Crippen LogP contribution in [0.5, 0.6) is 11.5 Å². The first-order valence-electron chi connectivity index (χ1n) is 12.4. The molecular formula is C27H32N4O4.